The molecule has 5 nitrogen and oxygen atoms in total. The van der Waals surface area contributed by atoms with E-state index in [1.54, 1.807) is 12.1 Å². The Morgan fingerprint density at radius 1 is 1.53 bits per heavy atom. The number of likely N-dealkylation sites (tertiary alicyclic amines) is 1. The second-order valence-corrected chi connectivity index (χ2v) is 5.30. The molecule has 0 aliphatic carbocycles. The van der Waals surface area contributed by atoms with E-state index in [-0.39, 0.29) is 10.6 Å². The molecule has 2 rings (SSSR count). The molecule has 1 saturated heterocycles. The highest BCUT2D eigenvalue weighted by molar-refractivity contribution is 5.44. The van der Waals surface area contributed by atoms with E-state index in [9.17, 15) is 10.1 Å². The first-order valence-corrected chi connectivity index (χ1v) is 6.72. The Morgan fingerprint density at radius 3 is 3.00 bits per heavy atom. The van der Waals surface area contributed by atoms with Crippen LogP contribution in [-0.2, 0) is 6.54 Å². The van der Waals surface area contributed by atoms with Crippen LogP contribution in [0.1, 0.15) is 24.0 Å². The van der Waals surface area contributed by atoms with Crippen LogP contribution in [0.25, 0.3) is 0 Å². The van der Waals surface area contributed by atoms with Crippen molar-refractivity contribution < 1.29 is 4.92 Å². The molecule has 1 aromatic carbocycles. The smallest absolute Gasteiger partial charge is 0.272 e. The summed E-state index contributed by atoms with van der Waals surface area (Å²) in [6, 6.07) is 5.77. The summed E-state index contributed by atoms with van der Waals surface area (Å²) in [4.78, 5) is 12.9. The van der Waals surface area contributed by atoms with Crippen molar-refractivity contribution in [2.45, 2.75) is 32.4 Å². The molecule has 19 heavy (non-hydrogen) atoms. The lowest BCUT2D eigenvalue weighted by molar-refractivity contribution is -0.385. The van der Waals surface area contributed by atoms with E-state index in [1.165, 1.54) is 12.8 Å². The zero-order valence-corrected chi connectivity index (χ0v) is 11.6. The third kappa shape index (κ3) is 3.52. The number of rotatable bonds is 4. The Labute approximate surface area is 113 Å². The number of likely N-dealkylation sites (N-methyl/N-ethyl adjacent to an activating group) is 1. The van der Waals surface area contributed by atoms with Gasteiger partial charge in [0.15, 0.2) is 0 Å². The van der Waals surface area contributed by atoms with Crippen molar-refractivity contribution in [3.63, 3.8) is 0 Å². The number of nitrogens with zero attached hydrogens (tertiary/aromatic N) is 2. The molecule has 1 aliphatic rings. The number of piperidine rings is 1. The fraction of sp³-hybridized carbons (Fsp3) is 0.571. The first kappa shape index (κ1) is 14.0. The van der Waals surface area contributed by atoms with Gasteiger partial charge in [-0.3, -0.25) is 10.1 Å². The van der Waals surface area contributed by atoms with Crippen LogP contribution in [0.2, 0.25) is 0 Å². The molecule has 0 saturated carbocycles. The van der Waals surface area contributed by atoms with E-state index < -0.39 is 0 Å². The summed E-state index contributed by atoms with van der Waals surface area (Å²) in [5, 5.41) is 14.4. The third-order valence-electron chi connectivity index (χ3n) is 3.82. The maximum atomic E-state index is 10.9. The fourth-order valence-corrected chi connectivity index (χ4v) is 2.65. The molecular weight excluding hydrogens is 242 g/mol. The van der Waals surface area contributed by atoms with Crippen molar-refractivity contribution in [3.8, 4) is 0 Å². The number of nitro groups is 1. The fourth-order valence-electron chi connectivity index (χ4n) is 2.65. The Morgan fingerprint density at radius 2 is 2.32 bits per heavy atom. The molecule has 1 atom stereocenters. The normalized spacial score (nSPS) is 20.4. The van der Waals surface area contributed by atoms with Crippen molar-refractivity contribution >= 4 is 5.69 Å². The minimum atomic E-state index is -0.312. The van der Waals surface area contributed by atoms with Crippen molar-refractivity contribution in [1.29, 1.82) is 0 Å². The highest BCUT2D eigenvalue weighted by atomic mass is 16.6. The zero-order chi connectivity index (χ0) is 13.8. The van der Waals surface area contributed by atoms with Crippen LogP contribution in [0, 0.1) is 17.0 Å². The minimum Gasteiger partial charge on any atom is -0.309 e. The van der Waals surface area contributed by atoms with Crippen LogP contribution in [0.15, 0.2) is 18.2 Å². The summed E-state index contributed by atoms with van der Waals surface area (Å²) < 4.78 is 0. The van der Waals surface area contributed by atoms with Crippen LogP contribution in [0.4, 0.5) is 5.69 Å². The SMILES string of the molecule is Cc1c(CNC2CCCN(C)C2)cccc1[N+](=O)[O-]. The molecule has 104 valence electrons. The number of hydrogen-bond donors (Lipinski definition) is 1. The summed E-state index contributed by atoms with van der Waals surface area (Å²) >= 11 is 0. The number of nitro benzene ring substituents is 1. The van der Waals surface area contributed by atoms with Gasteiger partial charge in [0, 0.05) is 30.8 Å². The van der Waals surface area contributed by atoms with Gasteiger partial charge in [-0.2, -0.15) is 0 Å². The first-order chi connectivity index (χ1) is 9.08. The molecule has 1 fully saturated rings. The molecule has 1 aromatic rings. The van der Waals surface area contributed by atoms with E-state index in [0.717, 1.165) is 24.2 Å². The lowest BCUT2D eigenvalue weighted by Crippen LogP contribution is -2.43. The van der Waals surface area contributed by atoms with E-state index in [2.05, 4.69) is 17.3 Å². The van der Waals surface area contributed by atoms with Crippen molar-refractivity contribution in [3.05, 3.63) is 39.4 Å². The lowest BCUT2D eigenvalue weighted by atomic mass is 10.0. The summed E-state index contributed by atoms with van der Waals surface area (Å²) in [6.07, 6.45) is 2.39. The summed E-state index contributed by atoms with van der Waals surface area (Å²) in [6.45, 7) is 4.73. The zero-order valence-electron chi connectivity index (χ0n) is 11.6. The molecule has 1 unspecified atom stereocenters. The second kappa shape index (κ2) is 6.12. The molecular formula is C14H21N3O2. The summed E-state index contributed by atoms with van der Waals surface area (Å²) in [5.74, 6) is 0. The molecule has 5 heteroatoms. The van der Waals surface area contributed by atoms with Gasteiger partial charge in [-0.1, -0.05) is 12.1 Å². The van der Waals surface area contributed by atoms with Gasteiger partial charge in [-0.05, 0) is 38.9 Å². The molecule has 0 spiro atoms. The van der Waals surface area contributed by atoms with Gasteiger partial charge in [-0.25, -0.2) is 0 Å². The van der Waals surface area contributed by atoms with Crippen LogP contribution in [-0.4, -0.2) is 36.0 Å². The van der Waals surface area contributed by atoms with Gasteiger partial charge >= 0.3 is 0 Å². The molecule has 0 radical (unpaired) electrons. The van der Waals surface area contributed by atoms with Crippen LogP contribution in [0.3, 0.4) is 0 Å². The topological polar surface area (TPSA) is 58.4 Å². The highest BCUT2D eigenvalue weighted by Gasteiger charge is 2.18. The van der Waals surface area contributed by atoms with Crippen molar-refractivity contribution in [1.82, 2.24) is 10.2 Å². The Bertz CT molecular complexity index is 462. The Hall–Kier alpha value is -1.46. The number of hydrogen-bond acceptors (Lipinski definition) is 4. The monoisotopic (exact) mass is 263 g/mol. The molecule has 0 bridgehead atoms. The standard InChI is InChI=1S/C14H21N3O2/c1-11-12(5-3-7-14(11)17(18)19)9-15-13-6-4-8-16(2)10-13/h3,5,7,13,15H,4,6,8-10H2,1-2H3. The van der Waals surface area contributed by atoms with Gasteiger partial charge in [-0.15, -0.1) is 0 Å². The van der Waals surface area contributed by atoms with Gasteiger partial charge in [0.05, 0.1) is 4.92 Å². The van der Waals surface area contributed by atoms with E-state index in [1.807, 2.05) is 13.0 Å². The molecule has 1 heterocycles. The molecule has 1 N–H and O–H groups in total. The van der Waals surface area contributed by atoms with Crippen LogP contribution >= 0.6 is 0 Å². The maximum Gasteiger partial charge on any atom is 0.272 e. The third-order valence-corrected chi connectivity index (χ3v) is 3.82. The lowest BCUT2D eigenvalue weighted by Gasteiger charge is -2.30. The maximum absolute atomic E-state index is 10.9. The summed E-state index contributed by atoms with van der Waals surface area (Å²) in [5.41, 5.74) is 1.99. The number of benzene rings is 1. The van der Waals surface area contributed by atoms with Gasteiger partial charge < -0.3 is 10.2 Å². The average molecular weight is 263 g/mol. The van der Waals surface area contributed by atoms with E-state index >= 15 is 0 Å². The molecule has 0 amide bonds. The predicted octanol–water partition coefficient (Wildman–Crippen LogP) is 2.09. The first-order valence-electron chi connectivity index (χ1n) is 6.72. The van der Waals surface area contributed by atoms with Crippen molar-refractivity contribution in [2.24, 2.45) is 0 Å². The minimum absolute atomic E-state index is 0.208. The van der Waals surface area contributed by atoms with Gasteiger partial charge in [0.25, 0.3) is 5.69 Å². The second-order valence-electron chi connectivity index (χ2n) is 5.30. The van der Waals surface area contributed by atoms with E-state index in [4.69, 9.17) is 0 Å². The van der Waals surface area contributed by atoms with Crippen LogP contribution < -0.4 is 5.32 Å². The van der Waals surface area contributed by atoms with Crippen LogP contribution in [0.5, 0.6) is 0 Å². The summed E-state index contributed by atoms with van der Waals surface area (Å²) in [7, 11) is 2.13. The predicted molar refractivity (Wildman–Crippen MR) is 75.2 cm³/mol. The van der Waals surface area contributed by atoms with E-state index in [0.29, 0.717) is 12.6 Å². The highest BCUT2D eigenvalue weighted by Crippen LogP contribution is 2.21. The molecule has 1 aliphatic heterocycles. The average Bonchev–Trinajstić information content (AvgIpc) is 2.37. The largest absolute Gasteiger partial charge is 0.309 e. The molecule has 0 aromatic heterocycles. The number of nitrogens with one attached hydrogen (secondary N) is 1. The Balaban J connectivity index is 1.99. The van der Waals surface area contributed by atoms with Gasteiger partial charge in [0.2, 0.25) is 0 Å². The van der Waals surface area contributed by atoms with Gasteiger partial charge in [0.1, 0.15) is 0 Å². The van der Waals surface area contributed by atoms with Crippen molar-refractivity contribution in [2.75, 3.05) is 20.1 Å². The Kier molecular flexibility index (Phi) is 4.50. The quantitative estimate of drug-likeness (QED) is 0.667.